The number of piperidine rings is 1. The van der Waals surface area contributed by atoms with Crippen molar-refractivity contribution >= 4 is 10.9 Å². The second kappa shape index (κ2) is 9.21. The lowest BCUT2D eigenvalue weighted by atomic mass is 9.68. The average molecular weight is 511 g/mol. The van der Waals surface area contributed by atoms with E-state index in [2.05, 4.69) is 27.4 Å². The Labute approximate surface area is 215 Å². The number of nitrogens with zero attached hydrogens (tertiary/aromatic N) is 3. The van der Waals surface area contributed by atoms with Crippen LogP contribution in [0.4, 0.5) is 13.2 Å². The number of aromatic amines is 1. The molecule has 2 fully saturated rings. The molecule has 8 heteroatoms. The standard InChI is InChI=1S/C29H33F3N4O/c1-19-24-18-35(11-6-28(7-12-37-13-8-28)36-10-4-20(16-33)17-36)9-5-21(24)14-26-27(19)23-15-22(29(30,31)32)2-3-25(23)34-26/h2-4,10,15,17,19,21,24,34H,5-9,11-14,18H2,1H3/t19-,21-,24-/m1/s1. The minimum atomic E-state index is -4.34. The molecule has 4 heterocycles. The van der Waals surface area contributed by atoms with Crippen LogP contribution in [-0.4, -0.2) is 47.3 Å². The van der Waals surface area contributed by atoms with Crippen molar-refractivity contribution in [3.8, 4) is 6.07 Å². The van der Waals surface area contributed by atoms with Gasteiger partial charge in [0.25, 0.3) is 0 Å². The molecule has 3 atom stereocenters. The highest BCUT2D eigenvalue weighted by atomic mass is 19.4. The molecule has 37 heavy (non-hydrogen) atoms. The SMILES string of the molecule is C[C@H]1c2c([nH]c3ccc(C(F)(F)F)cc23)C[C@H]2CCN(CCC3(n4ccc(C#N)c4)CCOCC3)C[C@@H]21. The molecular formula is C29H33F3N4O. The zero-order chi connectivity index (χ0) is 25.8. The summed E-state index contributed by atoms with van der Waals surface area (Å²) in [4.78, 5) is 6.01. The first-order valence-corrected chi connectivity index (χ1v) is 13.4. The van der Waals surface area contributed by atoms with Crippen LogP contribution in [0, 0.1) is 23.2 Å². The highest BCUT2D eigenvalue weighted by Gasteiger charge is 2.41. The number of nitrogens with one attached hydrogen (secondary N) is 1. The summed E-state index contributed by atoms with van der Waals surface area (Å²) in [5.74, 6) is 1.18. The molecule has 2 saturated heterocycles. The Kier molecular flexibility index (Phi) is 6.12. The fourth-order valence-electron chi connectivity index (χ4n) is 7.24. The first kappa shape index (κ1) is 24.6. The molecular weight excluding hydrogens is 477 g/mol. The predicted octanol–water partition coefficient (Wildman–Crippen LogP) is 6.05. The molecule has 1 aliphatic carbocycles. The van der Waals surface area contributed by atoms with Crippen molar-refractivity contribution in [3.05, 3.63) is 59.0 Å². The minimum absolute atomic E-state index is 0.0413. The van der Waals surface area contributed by atoms with Gasteiger partial charge in [-0.15, -0.1) is 0 Å². The first-order valence-electron chi connectivity index (χ1n) is 13.4. The molecule has 3 aliphatic rings. The number of benzene rings is 1. The third-order valence-electron chi connectivity index (χ3n) is 9.39. The van der Waals surface area contributed by atoms with Gasteiger partial charge in [0.1, 0.15) is 6.07 Å². The van der Waals surface area contributed by atoms with Crippen LogP contribution in [0.1, 0.15) is 60.9 Å². The molecule has 0 amide bonds. The highest BCUT2D eigenvalue weighted by molar-refractivity contribution is 5.86. The average Bonchev–Trinajstić information content (AvgIpc) is 3.52. The number of halogens is 3. The number of ether oxygens (including phenoxy) is 1. The number of hydrogen-bond donors (Lipinski definition) is 1. The Morgan fingerprint density at radius 1 is 1.22 bits per heavy atom. The number of hydrogen-bond acceptors (Lipinski definition) is 3. The fourth-order valence-corrected chi connectivity index (χ4v) is 7.24. The summed E-state index contributed by atoms with van der Waals surface area (Å²) >= 11 is 0. The van der Waals surface area contributed by atoms with Crippen LogP contribution in [0.15, 0.2) is 36.7 Å². The summed E-state index contributed by atoms with van der Waals surface area (Å²) in [6.07, 6.45) is 4.54. The second-order valence-electron chi connectivity index (χ2n) is 11.3. The maximum atomic E-state index is 13.4. The minimum Gasteiger partial charge on any atom is -0.381 e. The topological polar surface area (TPSA) is 57.0 Å². The van der Waals surface area contributed by atoms with Crippen molar-refractivity contribution in [2.45, 2.75) is 56.7 Å². The van der Waals surface area contributed by atoms with E-state index < -0.39 is 11.7 Å². The predicted molar refractivity (Wildman–Crippen MR) is 135 cm³/mol. The van der Waals surface area contributed by atoms with E-state index in [-0.39, 0.29) is 11.5 Å². The molecule has 5 nitrogen and oxygen atoms in total. The number of rotatable bonds is 4. The number of likely N-dealkylation sites (tertiary alicyclic amines) is 1. The normalized spacial score (nSPS) is 26.0. The monoisotopic (exact) mass is 510 g/mol. The molecule has 0 unspecified atom stereocenters. The molecule has 0 spiro atoms. The second-order valence-corrected chi connectivity index (χ2v) is 11.3. The van der Waals surface area contributed by atoms with Gasteiger partial charge in [-0.2, -0.15) is 18.4 Å². The van der Waals surface area contributed by atoms with E-state index in [1.165, 1.54) is 12.1 Å². The molecule has 3 aromatic rings. The number of aromatic nitrogens is 2. The molecule has 2 aliphatic heterocycles. The lowest BCUT2D eigenvalue weighted by Gasteiger charge is -2.46. The zero-order valence-electron chi connectivity index (χ0n) is 21.2. The van der Waals surface area contributed by atoms with Gasteiger partial charge >= 0.3 is 6.18 Å². The maximum absolute atomic E-state index is 13.4. The van der Waals surface area contributed by atoms with Crippen LogP contribution >= 0.6 is 0 Å². The third kappa shape index (κ3) is 4.36. The fraction of sp³-hybridized carbons (Fsp3) is 0.552. The first-order chi connectivity index (χ1) is 17.8. The van der Waals surface area contributed by atoms with Gasteiger partial charge in [-0.3, -0.25) is 0 Å². The Balaban J connectivity index is 1.21. The molecule has 1 aromatic carbocycles. The summed E-state index contributed by atoms with van der Waals surface area (Å²) in [5, 5.41) is 10.1. The Morgan fingerprint density at radius 2 is 2.03 bits per heavy atom. The number of alkyl halides is 3. The Morgan fingerprint density at radius 3 is 2.76 bits per heavy atom. The van der Waals surface area contributed by atoms with Crippen molar-refractivity contribution in [1.82, 2.24) is 14.5 Å². The summed E-state index contributed by atoms with van der Waals surface area (Å²) < 4.78 is 48.2. The zero-order valence-corrected chi connectivity index (χ0v) is 21.2. The van der Waals surface area contributed by atoms with Gasteiger partial charge in [-0.05, 0) is 86.2 Å². The lowest BCUT2D eigenvalue weighted by molar-refractivity contribution is -0.137. The smallest absolute Gasteiger partial charge is 0.381 e. The van der Waals surface area contributed by atoms with Gasteiger partial charge in [-0.25, -0.2) is 0 Å². The van der Waals surface area contributed by atoms with Gasteiger partial charge in [-0.1, -0.05) is 6.92 Å². The largest absolute Gasteiger partial charge is 0.416 e. The number of fused-ring (bicyclic) bond motifs is 4. The van der Waals surface area contributed by atoms with Crippen molar-refractivity contribution in [3.63, 3.8) is 0 Å². The highest BCUT2D eigenvalue weighted by Crippen LogP contribution is 2.47. The van der Waals surface area contributed by atoms with E-state index in [1.807, 2.05) is 18.5 Å². The molecule has 196 valence electrons. The number of nitriles is 1. The number of H-pyrrole nitrogens is 1. The van der Waals surface area contributed by atoms with Crippen LogP contribution in [0.3, 0.4) is 0 Å². The summed E-state index contributed by atoms with van der Waals surface area (Å²) in [7, 11) is 0. The molecule has 6 rings (SSSR count). The summed E-state index contributed by atoms with van der Waals surface area (Å²) in [6.45, 7) is 6.64. The van der Waals surface area contributed by atoms with E-state index in [9.17, 15) is 18.4 Å². The van der Waals surface area contributed by atoms with Crippen LogP contribution in [-0.2, 0) is 22.9 Å². The van der Waals surface area contributed by atoms with Crippen molar-refractivity contribution in [1.29, 1.82) is 5.26 Å². The van der Waals surface area contributed by atoms with Crippen LogP contribution < -0.4 is 0 Å². The van der Waals surface area contributed by atoms with Gasteiger partial charge in [0.05, 0.1) is 11.1 Å². The van der Waals surface area contributed by atoms with Crippen molar-refractivity contribution in [2.75, 3.05) is 32.8 Å². The van der Waals surface area contributed by atoms with Crippen molar-refractivity contribution in [2.24, 2.45) is 11.8 Å². The van der Waals surface area contributed by atoms with E-state index in [1.54, 1.807) is 6.07 Å². The molecule has 0 radical (unpaired) electrons. The Hall–Kier alpha value is -2.76. The molecule has 0 bridgehead atoms. The van der Waals surface area contributed by atoms with E-state index in [0.29, 0.717) is 17.4 Å². The van der Waals surface area contributed by atoms with E-state index in [0.717, 1.165) is 87.1 Å². The van der Waals surface area contributed by atoms with Gasteiger partial charge in [0.15, 0.2) is 0 Å². The lowest BCUT2D eigenvalue weighted by Crippen LogP contribution is -2.48. The van der Waals surface area contributed by atoms with Gasteiger partial charge in [0, 0.05) is 60.8 Å². The molecule has 0 saturated carbocycles. The van der Waals surface area contributed by atoms with E-state index in [4.69, 9.17) is 4.74 Å². The molecule has 2 aromatic heterocycles. The maximum Gasteiger partial charge on any atom is 0.416 e. The summed E-state index contributed by atoms with van der Waals surface area (Å²) in [5.41, 5.74) is 3.09. The van der Waals surface area contributed by atoms with E-state index >= 15 is 0 Å². The van der Waals surface area contributed by atoms with Gasteiger partial charge < -0.3 is 19.2 Å². The van der Waals surface area contributed by atoms with Crippen LogP contribution in [0.5, 0.6) is 0 Å². The van der Waals surface area contributed by atoms with Gasteiger partial charge in [0.2, 0.25) is 0 Å². The quantitative estimate of drug-likeness (QED) is 0.465. The van der Waals surface area contributed by atoms with Crippen LogP contribution in [0.25, 0.3) is 10.9 Å². The molecule has 1 N–H and O–H groups in total. The third-order valence-corrected chi connectivity index (χ3v) is 9.39. The summed E-state index contributed by atoms with van der Waals surface area (Å²) in [6, 6.07) is 8.24. The Bertz CT molecular complexity index is 1330. The van der Waals surface area contributed by atoms with Crippen molar-refractivity contribution < 1.29 is 17.9 Å². The van der Waals surface area contributed by atoms with Crippen LogP contribution in [0.2, 0.25) is 0 Å².